The van der Waals surface area contributed by atoms with Gasteiger partial charge in [0.25, 0.3) is 0 Å². The quantitative estimate of drug-likeness (QED) is 0.828. The van der Waals surface area contributed by atoms with Gasteiger partial charge in [-0.2, -0.15) is 0 Å². The smallest absolute Gasteiger partial charge is 0.341 e. The lowest BCUT2D eigenvalue weighted by Gasteiger charge is -2.12. The molecule has 0 saturated heterocycles. The first-order chi connectivity index (χ1) is 11.3. The van der Waals surface area contributed by atoms with Gasteiger partial charge in [-0.05, 0) is 42.3 Å². The summed E-state index contributed by atoms with van der Waals surface area (Å²) in [5.41, 5.74) is 0.733. The van der Waals surface area contributed by atoms with E-state index >= 15 is 0 Å². The molecule has 128 valence electrons. The number of ether oxygens (including phenoxy) is 1. The highest BCUT2D eigenvalue weighted by Gasteiger charge is 2.16. The molecule has 0 unspecified atom stereocenters. The van der Waals surface area contributed by atoms with Crippen molar-refractivity contribution < 1.29 is 27.4 Å². The van der Waals surface area contributed by atoms with Gasteiger partial charge < -0.3 is 9.84 Å². The van der Waals surface area contributed by atoms with Gasteiger partial charge in [0.15, 0.2) is 16.4 Å². The molecule has 0 saturated carbocycles. The van der Waals surface area contributed by atoms with Crippen LogP contribution in [-0.4, -0.2) is 31.9 Å². The normalized spacial score (nSPS) is 11.2. The van der Waals surface area contributed by atoms with Gasteiger partial charge in [-0.1, -0.05) is 19.1 Å². The number of hydrogen-bond donors (Lipinski definition) is 1. The van der Waals surface area contributed by atoms with E-state index in [0.29, 0.717) is 17.5 Å². The molecule has 24 heavy (non-hydrogen) atoms. The van der Waals surface area contributed by atoms with Crippen molar-refractivity contribution in [2.45, 2.75) is 18.2 Å². The van der Waals surface area contributed by atoms with Crippen LogP contribution in [0.1, 0.15) is 13.3 Å². The van der Waals surface area contributed by atoms with Crippen molar-refractivity contribution in [2.75, 3.05) is 12.4 Å². The Hall–Kier alpha value is -2.41. The predicted octanol–water partition coefficient (Wildman–Crippen LogP) is 3.14. The van der Waals surface area contributed by atoms with Crippen LogP contribution in [0.5, 0.6) is 5.75 Å². The highest BCUT2D eigenvalue weighted by molar-refractivity contribution is 7.91. The number of aliphatic carboxylic acids is 1. The zero-order valence-corrected chi connectivity index (χ0v) is 13.8. The first-order valence-electron chi connectivity index (χ1n) is 7.31. The van der Waals surface area contributed by atoms with Crippen LogP contribution in [0.3, 0.4) is 0 Å². The van der Waals surface area contributed by atoms with E-state index in [2.05, 4.69) is 0 Å². The molecular formula is C17H17FO5S. The first-order valence-corrected chi connectivity index (χ1v) is 8.96. The fourth-order valence-corrected chi connectivity index (χ4v) is 3.60. The van der Waals surface area contributed by atoms with E-state index in [9.17, 15) is 17.6 Å². The number of sulfone groups is 1. The van der Waals surface area contributed by atoms with E-state index in [1.807, 2.05) is 0 Å². The summed E-state index contributed by atoms with van der Waals surface area (Å²) in [5, 5.41) is 8.72. The maximum Gasteiger partial charge on any atom is 0.341 e. The number of hydrogen-bond acceptors (Lipinski definition) is 4. The second kappa shape index (κ2) is 7.44. The van der Waals surface area contributed by atoms with Crippen LogP contribution < -0.4 is 4.74 Å². The molecule has 1 N–H and O–H groups in total. The number of carboxylic acids is 1. The molecule has 0 aliphatic carbocycles. The van der Waals surface area contributed by atoms with Crippen LogP contribution in [0.15, 0.2) is 47.4 Å². The van der Waals surface area contributed by atoms with E-state index in [-0.39, 0.29) is 16.4 Å². The summed E-state index contributed by atoms with van der Waals surface area (Å²) in [5.74, 6) is -1.51. The van der Waals surface area contributed by atoms with Gasteiger partial charge in [0.2, 0.25) is 0 Å². The maximum absolute atomic E-state index is 13.6. The Kier molecular flexibility index (Phi) is 5.56. The summed E-state index contributed by atoms with van der Waals surface area (Å²) < 4.78 is 43.2. The van der Waals surface area contributed by atoms with E-state index in [1.165, 1.54) is 24.3 Å². The van der Waals surface area contributed by atoms with Gasteiger partial charge in [-0.25, -0.2) is 17.6 Å². The fourth-order valence-electron chi connectivity index (χ4n) is 2.24. The number of carboxylic acid groups (broad SMARTS) is 1. The summed E-state index contributed by atoms with van der Waals surface area (Å²) in [6.45, 7) is 1.19. The maximum atomic E-state index is 13.6. The molecule has 0 aliphatic heterocycles. The minimum absolute atomic E-state index is 0.0158. The SMILES string of the molecule is CCCS(=O)(=O)c1cccc(-c2cc(F)ccc2OCC(=O)O)c1. The monoisotopic (exact) mass is 352 g/mol. The fraction of sp³-hybridized carbons (Fsp3) is 0.235. The van der Waals surface area contributed by atoms with Gasteiger partial charge in [0, 0.05) is 5.56 Å². The van der Waals surface area contributed by atoms with Crippen LogP contribution in [0.25, 0.3) is 11.1 Å². The van der Waals surface area contributed by atoms with Crippen molar-refractivity contribution >= 4 is 15.8 Å². The molecule has 0 amide bonds. The zero-order valence-electron chi connectivity index (χ0n) is 13.0. The number of benzene rings is 2. The summed E-state index contributed by atoms with van der Waals surface area (Å²) in [6, 6.07) is 9.75. The molecule has 0 aromatic heterocycles. The van der Waals surface area contributed by atoms with Gasteiger partial charge in [0.05, 0.1) is 10.6 Å². The predicted molar refractivity (Wildman–Crippen MR) is 87.3 cm³/mol. The molecule has 0 heterocycles. The first kappa shape index (κ1) is 17.9. The van der Waals surface area contributed by atoms with Gasteiger partial charge in [-0.3, -0.25) is 0 Å². The zero-order chi connectivity index (χ0) is 17.7. The van der Waals surface area contributed by atoms with Crippen molar-refractivity contribution in [2.24, 2.45) is 0 Å². The lowest BCUT2D eigenvalue weighted by atomic mass is 10.0. The van der Waals surface area contributed by atoms with E-state index < -0.39 is 28.2 Å². The number of halogens is 1. The van der Waals surface area contributed by atoms with Crippen LogP contribution in [0, 0.1) is 5.82 Å². The minimum Gasteiger partial charge on any atom is -0.481 e. The van der Waals surface area contributed by atoms with Crippen molar-refractivity contribution in [3.8, 4) is 16.9 Å². The third-order valence-electron chi connectivity index (χ3n) is 3.27. The summed E-state index contributed by atoms with van der Waals surface area (Å²) in [4.78, 5) is 10.8. The standard InChI is InChI=1S/C17H17FO5S/c1-2-8-24(21,22)14-5-3-4-12(9-14)15-10-13(18)6-7-16(15)23-11-17(19)20/h3-7,9-10H,2,8,11H2,1H3,(H,19,20). The Morgan fingerprint density at radius 3 is 2.62 bits per heavy atom. The van der Waals surface area contributed by atoms with E-state index in [0.717, 1.165) is 6.07 Å². The molecule has 5 nitrogen and oxygen atoms in total. The second-order valence-corrected chi connectivity index (χ2v) is 7.28. The Balaban J connectivity index is 2.48. The molecule has 2 aromatic carbocycles. The minimum atomic E-state index is -3.42. The Labute approximate surface area is 139 Å². The van der Waals surface area contributed by atoms with Crippen LogP contribution in [0.4, 0.5) is 4.39 Å². The number of carbonyl (C=O) groups is 1. The van der Waals surface area contributed by atoms with E-state index in [1.54, 1.807) is 19.1 Å². The van der Waals surface area contributed by atoms with Gasteiger partial charge >= 0.3 is 5.97 Å². The topological polar surface area (TPSA) is 80.7 Å². The van der Waals surface area contributed by atoms with Crippen LogP contribution in [-0.2, 0) is 14.6 Å². The summed E-state index contributed by atoms with van der Waals surface area (Å²) in [7, 11) is -3.42. The average Bonchev–Trinajstić information content (AvgIpc) is 2.53. The lowest BCUT2D eigenvalue weighted by molar-refractivity contribution is -0.139. The summed E-state index contributed by atoms with van der Waals surface area (Å²) in [6.07, 6.45) is 0.486. The molecule has 2 aromatic rings. The van der Waals surface area contributed by atoms with Gasteiger partial charge in [-0.15, -0.1) is 0 Å². The molecule has 0 radical (unpaired) electrons. The highest BCUT2D eigenvalue weighted by Crippen LogP contribution is 2.32. The molecule has 2 rings (SSSR count). The van der Waals surface area contributed by atoms with E-state index in [4.69, 9.17) is 9.84 Å². The molecular weight excluding hydrogens is 335 g/mol. The summed E-state index contributed by atoms with van der Waals surface area (Å²) >= 11 is 0. The molecule has 0 aliphatic rings. The van der Waals surface area contributed by atoms with Crippen LogP contribution >= 0.6 is 0 Å². The van der Waals surface area contributed by atoms with Crippen molar-refractivity contribution in [1.82, 2.24) is 0 Å². The van der Waals surface area contributed by atoms with Crippen molar-refractivity contribution in [3.05, 3.63) is 48.3 Å². The third-order valence-corrected chi connectivity index (χ3v) is 5.19. The van der Waals surface area contributed by atoms with Crippen LogP contribution in [0.2, 0.25) is 0 Å². The van der Waals surface area contributed by atoms with Crippen molar-refractivity contribution in [1.29, 1.82) is 0 Å². The highest BCUT2D eigenvalue weighted by atomic mass is 32.2. The average molecular weight is 352 g/mol. The molecule has 0 atom stereocenters. The third kappa shape index (κ3) is 4.32. The largest absolute Gasteiger partial charge is 0.481 e. The molecule has 0 fully saturated rings. The Morgan fingerprint density at radius 1 is 1.21 bits per heavy atom. The lowest BCUT2D eigenvalue weighted by Crippen LogP contribution is -2.10. The second-order valence-electron chi connectivity index (χ2n) is 5.17. The molecule has 7 heteroatoms. The molecule has 0 spiro atoms. The Morgan fingerprint density at radius 2 is 1.96 bits per heavy atom. The number of rotatable bonds is 7. The van der Waals surface area contributed by atoms with Gasteiger partial charge in [0.1, 0.15) is 11.6 Å². The molecule has 0 bridgehead atoms. The Bertz CT molecular complexity index is 846. The van der Waals surface area contributed by atoms with Crippen molar-refractivity contribution in [3.63, 3.8) is 0 Å².